The van der Waals surface area contributed by atoms with Crippen LogP contribution in [0.3, 0.4) is 0 Å². The summed E-state index contributed by atoms with van der Waals surface area (Å²) in [5.74, 6) is 1.13. The average Bonchev–Trinajstić information content (AvgIpc) is 2.85. The molecule has 0 radical (unpaired) electrons. The lowest BCUT2D eigenvalue weighted by Crippen LogP contribution is -2.48. The molecule has 0 saturated carbocycles. The fourth-order valence-corrected chi connectivity index (χ4v) is 5.75. The Kier molecular flexibility index (Phi) is 7.54. The Labute approximate surface area is 198 Å². The number of carbonyl (C=O) groups excluding carboxylic acids is 1. The van der Waals surface area contributed by atoms with E-state index in [4.69, 9.17) is 0 Å². The number of benzene rings is 2. The zero-order valence-electron chi connectivity index (χ0n) is 20.2. The highest BCUT2D eigenvalue weighted by atomic mass is 16.3. The van der Waals surface area contributed by atoms with Gasteiger partial charge < -0.3 is 14.9 Å². The summed E-state index contributed by atoms with van der Waals surface area (Å²) >= 11 is 0. The Morgan fingerprint density at radius 3 is 2.55 bits per heavy atom. The van der Waals surface area contributed by atoms with E-state index in [2.05, 4.69) is 35.3 Å². The van der Waals surface area contributed by atoms with Crippen molar-refractivity contribution in [3.63, 3.8) is 0 Å². The van der Waals surface area contributed by atoms with Crippen LogP contribution in [0.5, 0.6) is 5.75 Å². The second-order valence-electron chi connectivity index (χ2n) is 9.68. The highest BCUT2D eigenvalue weighted by Gasteiger charge is 2.39. The first-order valence-corrected chi connectivity index (χ1v) is 12.6. The van der Waals surface area contributed by atoms with E-state index in [9.17, 15) is 9.90 Å². The number of carbonyl (C=O) groups is 1. The Bertz CT molecular complexity index is 964. The van der Waals surface area contributed by atoms with Crippen LogP contribution >= 0.6 is 0 Å². The summed E-state index contributed by atoms with van der Waals surface area (Å²) in [6, 6.07) is 16.1. The zero-order chi connectivity index (χ0) is 23.3. The summed E-state index contributed by atoms with van der Waals surface area (Å²) in [6.45, 7) is 8.67. The topological polar surface area (TPSA) is 43.8 Å². The van der Waals surface area contributed by atoms with Crippen molar-refractivity contribution in [1.29, 1.82) is 0 Å². The molecule has 1 N–H and O–H groups in total. The molecule has 1 saturated heterocycles. The lowest BCUT2D eigenvalue weighted by Gasteiger charge is -2.45. The van der Waals surface area contributed by atoms with Gasteiger partial charge in [0.05, 0.1) is 0 Å². The Hall–Kier alpha value is -2.59. The second-order valence-corrected chi connectivity index (χ2v) is 9.68. The van der Waals surface area contributed by atoms with Crippen LogP contribution in [-0.2, 0) is 5.41 Å². The maximum atomic E-state index is 12.8. The van der Waals surface area contributed by atoms with Crippen molar-refractivity contribution in [2.24, 2.45) is 5.92 Å². The molecule has 1 aliphatic carbocycles. The fraction of sp³-hybridized carbons (Fsp3) is 0.483. The van der Waals surface area contributed by atoms with Crippen molar-refractivity contribution in [3.8, 4) is 5.75 Å². The van der Waals surface area contributed by atoms with Crippen molar-refractivity contribution in [3.05, 3.63) is 77.4 Å². The van der Waals surface area contributed by atoms with Gasteiger partial charge in [-0.25, -0.2) is 0 Å². The molecule has 176 valence electrons. The van der Waals surface area contributed by atoms with Crippen LogP contribution in [-0.4, -0.2) is 53.5 Å². The number of hydrogen-bond acceptors (Lipinski definition) is 3. The van der Waals surface area contributed by atoms with E-state index in [0.29, 0.717) is 5.75 Å². The first-order chi connectivity index (χ1) is 16.1. The molecule has 4 nitrogen and oxygen atoms in total. The predicted octanol–water partition coefficient (Wildman–Crippen LogP) is 5.61. The Balaban J connectivity index is 1.65. The summed E-state index contributed by atoms with van der Waals surface area (Å²) < 4.78 is 0. The van der Waals surface area contributed by atoms with E-state index in [1.165, 1.54) is 30.4 Å². The maximum Gasteiger partial charge on any atom is 0.253 e. The quantitative estimate of drug-likeness (QED) is 0.562. The maximum absolute atomic E-state index is 12.8. The molecule has 0 aromatic heterocycles. The number of phenols is 1. The highest BCUT2D eigenvalue weighted by Crippen LogP contribution is 2.42. The van der Waals surface area contributed by atoms with Crippen LogP contribution in [0, 0.1) is 5.92 Å². The lowest BCUT2D eigenvalue weighted by molar-refractivity contribution is 0.0773. The number of aromatic hydroxyl groups is 1. The van der Waals surface area contributed by atoms with Gasteiger partial charge in [0.15, 0.2) is 0 Å². The minimum atomic E-state index is -0.182. The van der Waals surface area contributed by atoms with Gasteiger partial charge in [-0.1, -0.05) is 36.4 Å². The molecule has 2 aliphatic rings. The number of likely N-dealkylation sites (tertiary alicyclic amines) is 1. The minimum absolute atomic E-state index is 0.0913. The molecular weight excluding hydrogens is 408 g/mol. The van der Waals surface area contributed by atoms with Gasteiger partial charge in [0.2, 0.25) is 0 Å². The predicted molar refractivity (Wildman–Crippen MR) is 135 cm³/mol. The third-order valence-corrected chi connectivity index (χ3v) is 7.60. The molecule has 2 atom stereocenters. The van der Waals surface area contributed by atoms with Gasteiger partial charge in [-0.3, -0.25) is 4.79 Å². The standard InChI is InChI=1S/C29H38N2O2/c1-3-31(4-2)28(33)24-14-16-25(17-15-24)29(26-12-8-13-27(32)20-26)18-9-19-30(22-29)21-23-10-6-5-7-11-23/h5-6,8,12-17,20,23,32H,3-4,7,9-11,18-19,21-22H2,1-2H3. The van der Waals surface area contributed by atoms with Crippen molar-refractivity contribution < 1.29 is 9.90 Å². The summed E-state index contributed by atoms with van der Waals surface area (Å²) in [4.78, 5) is 17.3. The summed E-state index contributed by atoms with van der Waals surface area (Å²) in [6.07, 6.45) is 10.5. The molecule has 1 amide bonds. The average molecular weight is 447 g/mol. The Morgan fingerprint density at radius 1 is 1.09 bits per heavy atom. The van der Waals surface area contributed by atoms with E-state index < -0.39 is 0 Å². The van der Waals surface area contributed by atoms with Gasteiger partial charge in [0, 0.05) is 37.2 Å². The summed E-state index contributed by atoms with van der Waals surface area (Å²) in [7, 11) is 0. The number of hydrogen-bond donors (Lipinski definition) is 1. The number of piperidine rings is 1. The third-order valence-electron chi connectivity index (χ3n) is 7.60. The van der Waals surface area contributed by atoms with Gasteiger partial charge in [-0.15, -0.1) is 0 Å². The SMILES string of the molecule is CCN(CC)C(=O)c1ccc(C2(c3cccc(O)c3)CCCN(CC3CC=CCC3)C2)cc1. The van der Waals surface area contributed by atoms with Crippen LogP contribution < -0.4 is 0 Å². The number of amides is 1. The second kappa shape index (κ2) is 10.6. The summed E-state index contributed by atoms with van der Waals surface area (Å²) in [5.41, 5.74) is 2.96. The van der Waals surface area contributed by atoms with Gasteiger partial charge in [-0.2, -0.15) is 0 Å². The number of nitrogens with zero attached hydrogens (tertiary/aromatic N) is 2. The molecule has 4 rings (SSSR count). The first-order valence-electron chi connectivity index (χ1n) is 12.6. The third kappa shape index (κ3) is 5.16. The number of rotatable bonds is 7. The van der Waals surface area contributed by atoms with Gasteiger partial charge in [-0.05, 0) is 93.8 Å². The van der Waals surface area contributed by atoms with E-state index in [1.807, 2.05) is 43.0 Å². The largest absolute Gasteiger partial charge is 0.508 e. The molecule has 4 heteroatoms. The van der Waals surface area contributed by atoms with Crippen LogP contribution in [0.4, 0.5) is 0 Å². The van der Waals surface area contributed by atoms with Crippen molar-refractivity contribution in [2.75, 3.05) is 32.7 Å². The molecule has 1 fully saturated rings. The smallest absolute Gasteiger partial charge is 0.253 e. The fourth-order valence-electron chi connectivity index (χ4n) is 5.75. The first kappa shape index (κ1) is 23.6. The number of phenolic OH excluding ortho intramolecular Hbond substituents is 1. The van der Waals surface area contributed by atoms with Gasteiger partial charge in [0.1, 0.15) is 5.75 Å². The van der Waals surface area contributed by atoms with Crippen molar-refractivity contribution in [2.45, 2.75) is 51.4 Å². The number of allylic oxidation sites excluding steroid dienone is 2. The molecule has 33 heavy (non-hydrogen) atoms. The van der Waals surface area contributed by atoms with Crippen LogP contribution in [0.25, 0.3) is 0 Å². The summed E-state index contributed by atoms with van der Waals surface area (Å²) in [5, 5.41) is 10.3. The Morgan fingerprint density at radius 2 is 1.88 bits per heavy atom. The zero-order valence-corrected chi connectivity index (χ0v) is 20.2. The van der Waals surface area contributed by atoms with E-state index in [0.717, 1.165) is 57.0 Å². The normalized spacial score (nSPS) is 23.4. The molecule has 0 bridgehead atoms. The minimum Gasteiger partial charge on any atom is -0.508 e. The molecular formula is C29H38N2O2. The molecule has 1 aliphatic heterocycles. The van der Waals surface area contributed by atoms with E-state index >= 15 is 0 Å². The van der Waals surface area contributed by atoms with Gasteiger partial charge >= 0.3 is 0 Å². The van der Waals surface area contributed by atoms with Crippen LogP contribution in [0.2, 0.25) is 0 Å². The molecule has 2 aromatic rings. The van der Waals surface area contributed by atoms with E-state index in [1.54, 1.807) is 6.07 Å². The lowest BCUT2D eigenvalue weighted by atomic mass is 9.69. The monoisotopic (exact) mass is 446 g/mol. The molecule has 2 aromatic carbocycles. The van der Waals surface area contributed by atoms with Gasteiger partial charge in [0.25, 0.3) is 5.91 Å². The molecule has 0 spiro atoms. The van der Waals surface area contributed by atoms with Crippen LogP contribution in [0.15, 0.2) is 60.7 Å². The van der Waals surface area contributed by atoms with Crippen molar-refractivity contribution in [1.82, 2.24) is 9.80 Å². The van der Waals surface area contributed by atoms with Crippen LogP contribution in [0.1, 0.15) is 67.4 Å². The molecule has 2 unspecified atom stereocenters. The molecule has 1 heterocycles. The van der Waals surface area contributed by atoms with Crippen molar-refractivity contribution >= 4 is 5.91 Å². The van der Waals surface area contributed by atoms with E-state index in [-0.39, 0.29) is 11.3 Å². The highest BCUT2D eigenvalue weighted by molar-refractivity contribution is 5.94.